The molecule has 0 saturated heterocycles. The molecule has 0 bridgehead atoms. The molecule has 0 spiro atoms. The zero-order valence-corrected chi connectivity index (χ0v) is 15.5. The number of benzene rings is 1. The van der Waals surface area contributed by atoms with E-state index in [1.165, 1.54) is 11.8 Å². The summed E-state index contributed by atoms with van der Waals surface area (Å²) in [7, 11) is 0. The Balaban J connectivity index is 1.77. The zero-order valence-electron chi connectivity index (χ0n) is 13.9. The normalized spacial score (nSPS) is 10.5. The lowest BCUT2D eigenvalue weighted by atomic mass is 10.3. The average Bonchev–Trinajstić information content (AvgIpc) is 3.06. The van der Waals surface area contributed by atoms with Crippen molar-refractivity contribution in [1.82, 2.24) is 14.9 Å². The highest BCUT2D eigenvalue weighted by Gasteiger charge is 2.09. The van der Waals surface area contributed by atoms with Crippen LogP contribution in [0.25, 0.3) is 5.69 Å². The Hall–Kier alpha value is -1.99. The maximum Gasteiger partial charge on any atom is 0.305 e. The molecule has 1 N–H and O–H groups in total. The summed E-state index contributed by atoms with van der Waals surface area (Å²) in [5.74, 6) is -0.0963. The molecule has 25 heavy (non-hydrogen) atoms. The van der Waals surface area contributed by atoms with Gasteiger partial charge in [-0.05, 0) is 31.5 Å². The first-order valence-corrected chi connectivity index (χ1v) is 9.31. The highest BCUT2D eigenvalue weighted by molar-refractivity contribution is 7.99. The molecule has 0 unspecified atom stereocenters. The molecule has 8 heteroatoms. The number of halogens is 1. The molecule has 2 rings (SSSR count). The first-order valence-electron chi connectivity index (χ1n) is 7.94. The molecule has 1 heterocycles. The molecule has 1 aromatic carbocycles. The first-order chi connectivity index (χ1) is 12.1. The van der Waals surface area contributed by atoms with E-state index in [-0.39, 0.29) is 17.6 Å². The average molecular weight is 382 g/mol. The Morgan fingerprint density at radius 1 is 1.40 bits per heavy atom. The van der Waals surface area contributed by atoms with Gasteiger partial charge in [-0.3, -0.25) is 14.2 Å². The van der Waals surface area contributed by atoms with Gasteiger partial charge in [-0.25, -0.2) is 4.98 Å². The van der Waals surface area contributed by atoms with Crippen molar-refractivity contribution in [3.8, 4) is 5.69 Å². The molecular formula is C17H20ClN3O3S. The molecule has 0 aliphatic carbocycles. The number of esters is 1. The smallest absolute Gasteiger partial charge is 0.305 e. The standard InChI is InChI=1S/C17H20ClN3O3S/c1-2-24-16(23)7-4-8-19-15(22)12-25-17-20-9-10-21(17)14-6-3-5-13(18)11-14/h3,5-6,9-11H,2,4,7-8,12H2,1H3,(H,19,22). The summed E-state index contributed by atoms with van der Waals surface area (Å²) in [6.07, 6.45) is 4.37. The van der Waals surface area contributed by atoms with E-state index in [1.54, 1.807) is 19.2 Å². The van der Waals surface area contributed by atoms with E-state index in [9.17, 15) is 9.59 Å². The van der Waals surface area contributed by atoms with Crippen molar-refractivity contribution in [3.63, 3.8) is 0 Å². The number of carbonyl (C=O) groups excluding carboxylic acids is 2. The quantitative estimate of drug-likeness (QED) is 0.410. The van der Waals surface area contributed by atoms with E-state index < -0.39 is 0 Å². The van der Waals surface area contributed by atoms with Gasteiger partial charge in [0.25, 0.3) is 0 Å². The molecule has 0 aliphatic heterocycles. The minimum Gasteiger partial charge on any atom is -0.466 e. The second-order valence-electron chi connectivity index (χ2n) is 5.11. The van der Waals surface area contributed by atoms with Crippen LogP contribution in [-0.4, -0.2) is 40.3 Å². The maximum absolute atomic E-state index is 11.9. The predicted molar refractivity (Wildman–Crippen MR) is 98.2 cm³/mol. The SMILES string of the molecule is CCOC(=O)CCCNC(=O)CSc1nccn1-c1cccc(Cl)c1. The van der Waals surface area contributed by atoms with Crippen LogP contribution in [0.1, 0.15) is 19.8 Å². The second-order valence-corrected chi connectivity index (χ2v) is 6.49. The fourth-order valence-electron chi connectivity index (χ4n) is 2.09. The number of imidazole rings is 1. The number of amides is 1. The van der Waals surface area contributed by atoms with Gasteiger partial charge in [0.1, 0.15) is 0 Å². The van der Waals surface area contributed by atoms with Crippen molar-refractivity contribution < 1.29 is 14.3 Å². The highest BCUT2D eigenvalue weighted by atomic mass is 35.5. The van der Waals surface area contributed by atoms with Crippen molar-refractivity contribution in [3.05, 3.63) is 41.7 Å². The van der Waals surface area contributed by atoms with Gasteiger partial charge in [-0.15, -0.1) is 0 Å². The summed E-state index contributed by atoms with van der Waals surface area (Å²) in [6, 6.07) is 7.43. The lowest BCUT2D eigenvalue weighted by Crippen LogP contribution is -2.26. The number of rotatable bonds is 9. The largest absolute Gasteiger partial charge is 0.466 e. The van der Waals surface area contributed by atoms with Crippen LogP contribution in [0.3, 0.4) is 0 Å². The number of hydrogen-bond acceptors (Lipinski definition) is 5. The Labute approximate surface area is 155 Å². The summed E-state index contributed by atoms with van der Waals surface area (Å²) in [6.45, 7) is 2.59. The molecule has 1 amide bonds. The lowest BCUT2D eigenvalue weighted by molar-refractivity contribution is -0.143. The minimum atomic E-state index is -0.241. The Morgan fingerprint density at radius 3 is 3.00 bits per heavy atom. The Morgan fingerprint density at radius 2 is 2.24 bits per heavy atom. The van der Waals surface area contributed by atoms with Gasteiger partial charge in [-0.2, -0.15) is 0 Å². The molecule has 0 aliphatic rings. The third kappa shape index (κ3) is 6.43. The highest BCUT2D eigenvalue weighted by Crippen LogP contribution is 2.22. The summed E-state index contributed by atoms with van der Waals surface area (Å²) < 4.78 is 6.71. The number of nitrogens with one attached hydrogen (secondary N) is 1. The van der Waals surface area contributed by atoms with Gasteiger partial charge in [0.05, 0.1) is 12.4 Å². The third-order valence-electron chi connectivity index (χ3n) is 3.21. The fourth-order valence-corrected chi connectivity index (χ4v) is 3.08. The molecular weight excluding hydrogens is 362 g/mol. The van der Waals surface area contributed by atoms with Gasteiger partial charge in [0.2, 0.25) is 5.91 Å². The van der Waals surface area contributed by atoms with Crippen LogP contribution in [0.4, 0.5) is 0 Å². The van der Waals surface area contributed by atoms with Crippen molar-refractivity contribution >= 4 is 35.2 Å². The predicted octanol–water partition coefficient (Wildman–Crippen LogP) is 3.08. The van der Waals surface area contributed by atoms with Crippen LogP contribution in [0.5, 0.6) is 0 Å². The monoisotopic (exact) mass is 381 g/mol. The zero-order chi connectivity index (χ0) is 18.1. The lowest BCUT2D eigenvalue weighted by Gasteiger charge is -2.08. The third-order valence-corrected chi connectivity index (χ3v) is 4.41. The number of hydrogen-bond donors (Lipinski definition) is 1. The van der Waals surface area contributed by atoms with Gasteiger partial charge in [0, 0.05) is 36.1 Å². The maximum atomic E-state index is 11.9. The van der Waals surface area contributed by atoms with Crippen molar-refractivity contribution in [2.24, 2.45) is 0 Å². The molecule has 0 saturated carbocycles. The minimum absolute atomic E-state index is 0.102. The molecule has 0 radical (unpaired) electrons. The van der Waals surface area contributed by atoms with Crippen molar-refractivity contribution in [2.75, 3.05) is 18.9 Å². The summed E-state index contributed by atoms with van der Waals surface area (Å²) in [5, 5.41) is 4.14. The summed E-state index contributed by atoms with van der Waals surface area (Å²) in [4.78, 5) is 27.4. The molecule has 1 aromatic heterocycles. The first kappa shape index (κ1) is 19.3. The van der Waals surface area contributed by atoms with Crippen molar-refractivity contribution in [2.45, 2.75) is 24.9 Å². The topological polar surface area (TPSA) is 73.2 Å². The van der Waals surface area contributed by atoms with E-state index in [2.05, 4.69) is 10.3 Å². The van der Waals surface area contributed by atoms with Gasteiger partial charge in [0.15, 0.2) is 5.16 Å². The Bertz CT molecular complexity index is 721. The number of thioether (sulfide) groups is 1. The van der Waals surface area contributed by atoms with Crippen LogP contribution in [0.15, 0.2) is 41.8 Å². The van der Waals surface area contributed by atoms with E-state index in [0.29, 0.717) is 36.2 Å². The van der Waals surface area contributed by atoms with Crippen LogP contribution in [-0.2, 0) is 14.3 Å². The van der Waals surface area contributed by atoms with E-state index in [1.807, 2.05) is 29.0 Å². The van der Waals surface area contributed by atoms with Crippen molar-refractivity contribution in [1.29, 1.82) is 0 Å². The second kappa shape index (κ2) is 10.1. The fraction of sp³-hybridized carbons (Fsp3) is 0.353. The molecule has 134 valence electrons. The van der Waals surface area contributed by atoms with Gasteiger partial charge < -0.3 is 10.1 Å². The molecule has 2 aromatic rings. The number of ether oxygens (including phenoxy) is 1. The van der Waals surface area contributed by atoms with E-state index >= 15 is 0 Å². The molecule has 0 fully saturated rings. The summed E-state index contributed by atoms with van der Waals surface area (Å²) in [5.41, 5.74) is 0.891. The number of aromatic nitrogens is 2. The number of nitrogens with zero attached hydrogens (tertiary/aromatic N) is 2. The van der Waals surface area contributed by atoms with Crippen LogP contribution >= 0.6 is 23.4 Å². The van der Waals surface area contributed by atoms with Crippen LogP contribution < -0.4 is 5.32 Å². The molecule has 0 atom stereocenters. The van der Waals surface area contributed by atoms with Gasteiger partial charge >= 0.3 is 5.97 Å². The van der Waals surface area contributed by atoms with E-state index in [4.69, 9.17) is 16.3 Å². The van der Waals surface area contributed by atoms with Crippen LogP contribution in [0, 0.1) is 0 Å². The number of carbonyl (C=O) groups is 2. The van der Waals surface area contributed by atoms with E-state index in [0.717, 1.165) is 5.69 Å². The van der Waals surface area contributed by atoms with Gasteiger partial charge in [-0.1, -0.05) is 29.4 Å². The van der Waals surface area contributed by atoms with Crippen LogP contribution in [0.2, 0.25) is 5.02 Å². The Kier molecular flexibility index (Phi) is 7.81. The summed E-state index contributed by atoms with van der Waals surface area (Å²) >= 11 is 7.36. The molecule has 6 nitrogen and oxygen atoms in total.